The van der Waals surface area contributed by atoms with E-state index in [1.165, 1.54) is 10.9 Å². The number of carbonyl (C=O) groups is 1. The molecule has 0 aliphatic rings. The Balaban J connectivity index is 2.93. The summed E-state index contributed by atoms with van der Waals surface area (Å²) < 4.78 is 1.34. The number of aliphatic carboxylic acids is 1. The highest BCUT2D eigenvalue weighted by Gasteiger charge is 2.20. The van der Waals surface area contributed by atoms with Gasteiger partial charge in [0.1, 0.15) is 0 Å². The first-order chi connectivity index (χ1) is 6.56. The van der Waals surface area contributed by atoms with Crippen LogP contribution in [0.4, 0.5) is 0 Å². The average Bonchev–Trinajstić information content (AvgIpc) is 2.42. The van der Waals surface area contributed by atoms with Crippen LogP contribution in [0.5, 0.6) is 0 Å². The van der Waals surface area contributed by atoms with Gasteiger partial charge in [-0.05, 0) is 19.9 Å². The van der Waals surface area contributed by atoms with E-state index in [4.69, 9.17) is 22.4 Å². The van der Waals surface area contributed by atoms with Gasteiger partial charge in [0.05, 0.1) is 10.7 Å². The van der Waals surface area contributed by atoms with E-state index in [-0.39, 0.29) is 0 Å². The fourth-order valence-electron chi connectivity index (χ4n) is 1.15. The van der Waals surface area contributed by atoms with Crippen LogP contribution in [0.25, 0.3) is 0 Å². The van der Waals surface area contributed by atoms with Crippen molar-refractivity contribution in [2.45, 2.75) is 19.4 Å². The molecule has 5 nitrogen and oxygen atoms in total. The van der Waals surface area contributed by atoms with Gasteiger partial charge in [0.15, 0.2) is 6.04 Å². The van der Waals surface area contributed by atoms with Crippen LogP contribution in [0, 0.1) is 6.92 Å². The minimum absolute atomic E-state index is 0.299. The van der Waals surface area contributed by atoms with Crippen LogP contribution >= 0.6 is 11.6 Å². The summed E-state index contributed by atoms with van der Waals surface area (Å²) in [6, 6.07) is -0.730. The summed E-state index contributed by atoms with van der Waals surface area (Å²) in [6.45, 7) is 2.02. The van der Waals surface area contributed by atoms with E-state index in [1.54, 1.807) is 6.92 Å². The lowest BCUT2D eigenvalue weighted by Gasteiger charge is -2.10. The quantitative estimate of drug-likeness (QED) is 0.783. The monoisotopic (exact) mass is 217 g/mol. The van der Waals surface area contributed by atoms with Crippen molar-refractivity contribution in [3.63, 3.8) is 0 Å². The lowest BCUT2D eigenvalue weighted by molar-refractivity contribution is -0.141. The van der Waals surface area contributed by atoms with Crippen LogP contribution in [0.3, 0.4) is 0 Å². The highest BCUT2D eigenvalue weighted by atomic mass is 35.5. The van der Waals surface area contributed by atoms with Gasteiger partial charge in [0.2, 0.25) is 0 Å². The van der Waals surface area contributed by atoms with E-state index in [0.29, 0.717) is 23.7 Å². The summed E-state index contributed by atoms with van der Waals surface area (Å²) in [5.74, 6) is -0.949. The van der Waals surface area contributed by atoms with Gasteiger partial charge in [-0.15, -0.1) is 0 Å². The zero-order chi connectivity index (χ0) is 10.7. The van der Waals surface area contributed by atoms with Gasteiger partial charge in [-0.1, -0.05) is 11.6 Å². The Morgan fingerprint density at radius 2 is 2.50 bits per heavy atom. The van der Waals surface area contributed by atoms with Crippen molar-refractivity contribution < 1.29 is 9.90 Å². The topological polar surface area (TPSA) is 81.1 Å². The summed E-state index contributed by atoms with van der Waals surface area (Å²) in [5.41, 5.74) is 5.93. The molecule has 1 unspecified atom stereocenters. The van der Waals surface area contributed by atoms with E-state index in [0.717, 1.165) is 0 Å². The van der Waals surface area contributed by atoms with Crippen LogP contribution in [0.1, 0.15) is 18.2 Å². The molecule has 0 saturated heterocycles. The molecule has 0 radical (unpaired) electrons. The lowest BCUT2D eigenvalue weighted by Crippen LogP contribution is -2.22. The third-order valence-electron chi connectivity index (χ3n) is 1.90. The molecule has 1 aromatic rings. The second kappa shape index (κ2) is 4.43. The molecule has 0 aliphatic carbocycles. The molecule has 78 valence electrons. The van der Waals surface area contributed by atoms with E-state index < -0.39 is 12.0 Å². The molecule has 0 fully saturated rings. The molecule has 0 aliphatic heterocycles. The predicted molar refractivity (Wildman–Crippen MR) is 52.3 cm³/mol. The van der Waals surface area contributed by atoms with Gasteiger partial charge in [0.25, 0.3) is 0 Å². The number of rotatable bonds is 4. The van der Waals surface area contributed by atoms with Crippen LogP contribution < -0.4 is 5.73 Å². The van der Waals surface area contributed by atoms with Crippen molar-refractivity contribution in [3.05, 3.63) is 16.9 Å². The molecule has 0 bridgehead atoms. The summed E-state index contributed by atoms with van der Waals surface area (Å²) >= 11 is 5.77. The second-order valence-electron chi connectivity index (χ2n) is 2.97. The summed E-state index contributed by atoms with van der Waals surface area (Å²) in [4.78, 5) is 10.9. The molecule has 0 saturated carbocycles. The number of nitrogens with zero attached hydrogens (tertiary/aromatic N) is 2. The van der Waals surface area contributed by atoms with Gasteiger partial charge in [-0.2, -0.15) is 5.10 Å². The first-order valence-electron chi connectivity index (χ1n) is 4.20. The van der Waals surface area contributed by atoms with Crippen molar-refractivity contribution in [3.8, 4) is 0 Å². The fourth-order valence-corrected chi connectivity index (χ4v) is 1.28. The number of aryl methyl sites for hydroxylation is 1. The minimum Gasteiger partial charge on any atom is -0.480 e. The highest BCUT2D eigenvalue weighted by molar-refractivity contribution is 6.31. The van der Waals surface area contributed by atoms with Gasteiger partial charge >= 0.3 is 5.97 Å². The lowest BCUT2D eigenvalue weighted by atomic mass is 10.2. The number of carboxylic acid groups (broad SMARTS) is 1. The Hall–Kier alpha value is -1.07. The fraction of sp³-hybridized carbons (Fsp3) is 0.500. The number of hydrogen-bond donors (Lipinski definition) is 2. The van der Waals surface area contributed by atoms with Crippen LogP contribution in [0.15, 0.2) is 6.20 Å². The zero-order valence-corrected chi connectivity index (χ0v) is 8.53. The molecule has 14 heavy (non-hydrogen) atoms. The van der Waals surface area contributed by atoms with Crippen molar-refractivity contribution in [2.75, 3.05) is 6.54 Å². The molecule has 1 rings (SSSR count). The molecule has 6 heteroatoms. The molecule has 1 heterocycles. The molecule has 1 aromatic heterocycles. The molecule has 0 spiro atoms. The summed E-state index contributed by atoms with van der Waals surface area (Å²) in [7, 11) is 0. The van der Waals surface area contributed by atoms with Crippen molar-refractivity contribution >= 4 is 17.6 Å². The summed E-state index contributed by atoms with van der Waals surface area (Å²) in [5, 5.41) is 13.4. The number of hydrogen-bond acceptors (Lipinski definition) is 3. The number of nitrogens with two attached hydrogens (primary N) is 1. The maximum atomic E-state index is 10.9. The normalized spacial score (nSPS) is 12.8. The smallest absolute Gasteiger partial charge is 0.328 e. The zero-order valence-electron chi connectivity index (χ0n) is 7.77. The highest BCUT2D eigenvalue weighted by Crippen LogP contribution is 2.17. The van der Waals surface area contributed by atoms with Gasteiger partial charge in [0, 0.05) is 6.20 Å². The largest absolute Gasteiger partial charge is 0.480 e. The predicted octanol–water partition coefficient (Wildman–Crippen LogP) is 0.819. The third-order valence-corrected chi connectivity index (χ3v) is 2.27. The molecule has 0 amide bonds. The Bertz CT molecular complexity index is 318. The van der Waals surface area contributed by atoms with Crippen LogP contribution in [-0.2, 0) is 4.79 Å². The first kappa shape index (κ1) is 11.0. The Labute approximate surface area is 86.5 Å². The van der Waals surface area contributed by atoms with E-state index >= 15 is 0 Å². The molecule has 1 atom stereocenters. The SMILES string of the molecule is Cc1nn(C(CCN)C(=O)O)cc1Cl. The van der Waals surface area contributed by atoms with Crippen LogP contribution in [-0.4, -0.2) is 27.4 Å². The first-order valence-corrected chi connectivity index (χ1v) is 4.58. The van der Waals surface area contributed by atoms with E-state index in [1.807, 2.05) is 0 Å². The Morgan fingerprint density at radius 1 is 1.86 bits per heavy atom. The average molecular weight is 218 g/mol. The van der Waals surface area contributed by atoms with Crippen LogP contribution in [0.2, 0.25) is 5.02 Å². The summed E-state index contributed by atoms with van der Waals surface area (Å²) in [6.07, 6.45) is 1.85. The number of carboxylic acids is 1. The van der Waals surface area contributed by atoms with Gasteiger partial charge < -0.3 is 10.8 Å². The number of halogens is 1. The minimum atomic E-state index is -0.949. The second-order valence-corrected chi connectivity index (χ2v) is 3.38. The molecule has 0 aromatic carbocycles. The molecular formula is C8H12ClN3O2. The Morgan fingerprint density at radius 3 is 2.86 bits per heavy atom. The maximum Gasteiger partial charge on any atom is 0.328 e. The maximum absolute atomic E-state index is 10.9. The van der Waals surface area contributed by atoms with Gasteiger partial charge in [-0.25, -0.2) is 4.79 Å². The Kier molecular flexibility index (Phi) is 3.49. The van der Waals surface area contributed by atoms with Crippen molar-refractivity contribution in [1.29, 1.82) is 0 Å². The third kappa shape index (κ3) is 2.24. The molecule has 3 N–H and O–H groups in total. The van der Waals surface area contributed by atoms with E-state index in [9.17, 15) is 4.79 Å². The standard InChI is InChI=1S/C8H12ClN3O2/c1-5-6(9)4-12(11-5)7(2-3-10)8(13)14/h4,7H,2-3,10H2,1H3,(H,13,14). The number of aromatic nitrogens is 2. The van der Waals surface area contributed by atoms with Gasteiger partial charge in [-0.3, -0.25) is 4.68 Å². The molecular weight excluding hydrogens is 206 g/mol. The van der Waals surface area contributed by atoms with E-state index in [2.05, 4.69) is 5.10 Å². The van der Waals surface area contributed by atoms with Crippen molar-refractivity contribution in [2.24, 2.45) is 5.73 Å². The van der Waals surface area contributed by atoms with Crippen molar-refractivity contribution in [1.82, 2.24) is 9.78 Å².